The summed E-state index contributed by atoms with van der Waals surface area (Å²) in [6, 6.07) is 13.2. The van der Waals surface area contributed by atoms with Gasteiger partial charge in [0, 0.05) is 10.9 Å². The first-order valence-corrected chi connectivity index (χ1v) is 9.96. The topological polar surface area (TPSA) is 22.1 Å². The second-order valence-corrected chi connectivity index (χ2v) is 7.16. The second-order valence-electron chi connectivity index (χ2n) is 7.16. The van der Waals surface area contributed by atoms with Crippen molar-refractivity contribution < 1.29 is 17.9 Å². The fourth-order valence-electron chi connectivity index (χ4n) is 3.33. The molecule has 0 unspecified atom stereocenters. The molecule has 1 aromatic heterocycles. The largest absolute Gasteiger partial charge is 0.493 e. The fourth-order valence-corrected chi connectivity index (χ4v) is 3.33. The number of hydrogen-bond acceptors (Lipinski definition) is 2. The summed E-state index contributed by atoms with van der Waals surface area (Å²) in [7, 11) is 0. The molecule has 0 fully saturated rings. The average molecular weight is 423 g/mol. The predicted molar refractivity (Wildman–Crippen MR) is 121 cm³/mol. The van der Waals surface area contributed by atoms with Gasteiger partial charge >= 0.3 is 6.18 Å². The smallest absolute Gasteiger partial charge is 0.416 e. The summed E-state index contributed by atoms with van der Waals surface area (Å²) in [6.07, 6.45) is 1.25. The normalized spacial score (nSPS) is 12.8. The minimum Gasteiger partial charge on any atom is -0.493 e. The van der Waals surface area contributed by atoms with E-state index in [1.54, 1.807) is 13.0 Å². The maximum atomic E-state index is 13.0. The van der Waals surface area contributed by atoms with E-state index >= 15 is 0 Å². The lowest BCUT2D eigenvalue weighted by Gasteiger charge is -2.11. The summed E-state index contributed by atoms with van der Waals surface area (Å²) in [6.45, 7) is 10.1. The number of allylic oxidation sites excluding steroid dienone is 5. The zero-order chi connectivity index (χ0) is 22.6. The third-order valence-corrected chi connectivity index (χ3v) is 4.98. The van der Waals surface area contributed by atoms with Crippen LogP contribution in [0.25, 0.3) is 22.0 Å². The number of fused-ring (bicyclic) bond motifs is 1. The van der Waals surface area contributed by atoms with Crippen LogP contribution in [0.2, 0.25) is 0 Å². The second kappa shape index (κ2) is 9.21. The molecule has 0 N–H and O–H groups in total. The molecule has 160 valence electrons. The van der Waals surface area contributed by atoms with E-state index in [1.165, 1.54) is 6.07 Å². The zero-order valence-electron chi connectivity index (χ0n) is 17.8. The Kier molecular flexibility index (Phi) is 6.64. The molecular weight excluding hydrogens is 399 g/mol. The zero-order valence-corrected chi connectivity index (χ0v) is 17.8. The van der Waals surface area contributed by atoms with Crippen LogP contribution < -0.4 is 4.74 Å². The van der Waals surface area contributed by atoms with Crippen molar-refractivity contribution >= 4 is 22.0 Å². The van der Waals surface area contributed by atoms with Crippen molar-refractivity contribution in [3.63, 3.8) is 0 Å². The lowest BCUT2D eigenvalue weighted by atomic mass is 10.0. The van der Waals surface area contributed by atoms with Crippen LogP contribution in [0.1, 0.15) is 36.2 Å². The lowest BCUT2D eigenvalue weighted by molar-refractivity contribution is -0.137. The Hall–Kier alpha value is -3.34. The molecule has 2 aromatic carbocycles. The third kappa shape index (κ3) is 5.05. The summed E-state index contributed by atoms with van der Waals surface area (Å²) in [5, 5.41) is 0.499. The van der Waals surface area contributed by atoms with Crippen molar-refractivity contribution in [1.29, 1.82) is 0 Å². The van der Waals surface area contributed by atoms with E-state index in [0.29, 0.717) is 23.2 Å². The molecule has 5 heteroatoms. The van der Waals surface area contributed by atoms with Crippen molar-refractivity contribution in [2.45, 2.75) is 26.9 Å². The summed E-state index contributed by atoms with van der Waals surface area (Å²) in [5.74, 6) is 0.780. The molecule has 3 rings (SSSR count). The highest BCUT2D eigenvalue weighted by Crippen LogP contribution is 2.33. The van der Waals surface area contributed by atoms with Crippen molar-refractivity contribution in [2.75, 3.05) is 6.61 Å². The van der Waals surface area contributed by atoms with E-state index in [9.17, 15) is 13.2 Å². The highest BCUT2D eigenvalue weighted by atomic mass is 19.4. The maximum absolute atomic E-state index is 13.0. The van der Waals surface area contributed by atoms with Gasteiger partial charge in [-0.25, -0.2) is 4.98 Å². The van der Waals surface area contributed by atoms with Crippen LogP contribution >= 0.6 is 0 Å². The highest BCUT2D eigenvalue weighted by Gasteiger charge is 2.30. The Morgan fingerprint density at radius 2 is 1.84 bits per heavy atom. The molecule has 0 aliphatic rings. The number of aromatic nitrogens is 1. The number of benzene rings is 2. The first-order chi connectivity index (χ1) is 14.7. The quantitative estimate of drug-likeness (QED) is 0.380. The third-order valence-electron chi connectivity index (χ3n) is 4.98. The lowest BCUT2D eigenvalue weighted by Crippen LogP contribution is -2.05. The molecule has 0 aliphatic heterocycles. The predicted octanol–water partition coefficient (Wildman–Crippen LogP) is 7.63. The summed E-state index contributed by atoms with van der Waals surface area (Å²) >= 11 is 0. The molecule has 0 aliphatic carbocycles. The molecule has 0 saturated carbocycles. The van der Waals surface area contributed by atoms with Crippen molar-refractivity contribution in [1.82, 2.24) is 4.98 Å². The van der Waals surface area contributed by atoms with Crippen LogP contribution in [0.3, 0.4) is 0 Å². The fraction of sp³-hybridized carbons (Fsp3) is 0.192. The van der Waals surface area contributed by atoms with Gasteiger partial charge in [0.25, 0.3) is 0 Å². The molecule has 0 spiro atoms. The minimum atomic E-state index is -4.38. The molecule has 0 bridgehead atoms. The van der Waals surface area contributed by atoms with Gasteiger partial charge in [0.1, 0.15) is 5.75 Å². The summed E-state index contributed by atoms with van der Waals surface area (Å²) in [5.41, 5.74) is 4.04. The van der Waals surface area contributed by atoms with E-state index in [2.05, 4.69) is 11.6 Å². The number of pyridine rings is 1. The van der Waals surface area contributed by atoms with Crippen LogP contribution in [0.15, 0.2) is 73.3 Å². The number of hydrogen-bond donors (Lipinski definition) is 0. The van der Waals surface area contributed by atoms with Gasteiger partial charge in [-0.2, -0.15) is 13.2 Å². The monoisotopic (exact) mass is 423 g/mol. The molecule has 0 amide bonds. The Morgan fingerprint density at radius 1 is 1.10 bits per heavy atom. The van der Waals surface area contributed by atoms with Crippen LogP contribution in [0, 0.1) is 6.92 Å². The number of rotatable bonds is 6. The SMILES string of the molecule is C=C/C(=C\C=C(/C)c1cc(C)c2cc(C(F)(F)F)ccc2n1)c1ccccc1OCC. The van der Waals surface area contributed by atoms with Crippen molar-refractivity contribution in [3.05, 3.63) is 95.7 Å². The van der Waals surface area contributed by atoms with Crippen molar-refractivity contribution in [2.24, 2.45) is 0 Å². The molecule has 31 heavy (non-hydrogen) atoms. The molecule has 2 nitrogen and oxygen atoms in total. The van der Waals surface area contributed by atoms with Crippen LogP contribution in [-0.4, -0.2) is 11.6 Å². The van der Waals surface area contributed by atoms with E-state index < -0.39 is 11.7 Å². The standard InChI is InChI=1S/C26H24F3NO/c1-5-19(21-9-7-8-10-25(21)31-6-2)12-11-17(3)24-15-18(4)22-16-20(26(27,28)29)13-14-23(22)30-24/h5,7-16H,1,6H2,2-4H3/b17-11+,19-12+. The maximum Gasteiger partial charge on any atom is 0.416 e. The number of halogens is 3. The Labute approximate surface area is 180 Å². The minimum absolute atomic E-state index is 0.499. The molecule has 3 aromatic rings. The van der Waals surface area contributed by atoms with Gasteiger partial charge in [-0.3, -0.25) is 0 Å². The molecular formula is C26H24F3NO. The Bertz CT molecular complexity index is 1170. The Balaban J connectivity index is 2.00. The number of nitrogens with zero attached hydrogens (tertiary/aromatic N) is 1. The van der Waals surface area contributed by atoms with E-state index in [0.717, 1.165) is 40.2 Å². The van der Waals surface area contributed by atoms with Gasteiger partial charge in [-0.05, 0) is 67.8 Å². The number of alkyl halides is 3. The van der Waals surface area contributed by atoms with Crippen LogP contribution in [0.5, 0.6) is 5.75 Å². The Morgan fingerprint density at radius 3 is 2.52 bits per heavy atom. The first kappa shape index (κ1) is 22.3. The molecule has 0 saturated heterocycles. The summed E-state index contributed by atoms with van der Waals surface area (Å²) < 4.78 is 44.8. The van der Waals surface area contributed by atoms with Gasteiger partial charge in [-0.15, -0.1) is 0 Å². The first-order valence-electron chi connectivity index (χ1n) is 9.96. The van der Waals surface area contributed by atoms with Gasteiger partial charge < -0.3 is 4.74 Å². The van der Waals surface area contributed by atoms with E-state index in [1.807, 2.05) is 56.3 Å². The molecule has 1 heterocycles. The average Bonchev–Trinajstić information content (AvgIpc) is 2.74. The van der Waals surface area contributed by atoms with Gasteiger partial charge in [0.05, 0.1) is 23.4 Å². The highest BCUT2D eigenvalue weighted by molar-refractivity contribution is 5.86. The van der Waals surface area contributed by atoms with E-state index in [-0.39, 0.29) is 0 Å². The van der Waals surface area contributed by atoms with Gasteiger partial charge in [0.2, 0.25) is 0 Å². The molecule has 0 radical (unpaired) electrons. The van der Waals surface area contributed by atoms with Crippen molar-refractivity contribution in [3.8, 4) is 5.75 Å². The van der Waals surface area contributed by atoms with Gasteiger partial charge in [-0.1, -0.05) is 43.0 Å². The number of aryl methyl sites for hydroxylation is 1. The number of para-hydroxylation sites is 1. The molecule has 0 atom stereocenters. The van der Waals surface area contributed by atoms with Crippen LogP contribution in [0.4, 0.5) is 13.2 Å². The number of ether oxygens (including phenoxy) is 1. The van der Waals surface area contributed by atoms with Gasteiger partial charge in [0.15, 0.2) is 0 Å². The summed E-state index contributed by atoms with van der Waals surface area (Å²) in [4.78, 5) is 4.57. The van der Waals surface area contributed by atoms with Crippen LogP contribution in [-0.2, 0) is 6.18 Å². The van der Waals surface area contributed by atoms with E-state index in [4.69, 9.17) is 4.74 Å².